The van der Waals surface area contributed by atoms with E-state index in [1.54, 1.807) is 0 Å². The monoisotopic (exact) mass is 1250 g/mol. The molecule has 0 radical (unpaired) electrons. The lowest BCUT2D eigenvalue weighted by Crippen LogP contribution is -2.40. The number of unbranched alkanes of at least 4 members (excludes halogenated alkanes) is 50. The van der Waals surface area contributed by atoms with Crippen LogP contribution in [0.25, 0.3) is 0 Å². The lowest BCUT2D eigenvalue weighted by atomic mass is 10.0. The summed E-state index contributed by atoms with van der Waals surface area (Å²) in [5.41, 5.74) is 0. The standard InChI is InChI=1S/C80H149NO8/c1-6-8-10-12-14-16-18-20-22-24-26-28-30-32-34-36-37-38-39-40-41-43-44-46-48-50-52-54-56-58-60-62-64-66-68-70-77(82)87-74-76(75-88-80(79(84)85)86-73-72-81(3,4)5)89-78(83)71-69-67-65-63-61-59-57-55-53-51-49-47-45-42-35-33-31-29-27-25-23-21-19-17-15-13-11-9-7-2/h19,21,24-27,31,33,76,80H,6-18,20,22-23,28-30,32,34-75H2,1-5H3/p+1/b21-19-,26-24-,27-25-,33-31-. The molecule has 0 heterocycles. The summed E-state index contributed by atoms with van der Waals surface area (Å²) in [6.45, 7) is 4.93. The lowest BCUT2D eigenvalue weighted by molar-refractivity contribution is -0.870. The predicted molar refractivity (Wildman–Crippen MR) is 383 cm³/mol. The van der Waals surface area contributed by atoms with Crippen molar-refractivity contribution >= 4 is 17.9 Å². The molecule has 0 rings (SSSR count). The van der Waals surface area contributed by atoms with Crippen LogP contribution in [0.5, 0.6) is 0 Å². The summed E-state index contributed by atoms with van der Waals surface area (Å²) in [5, 5.41) is 9.76. The number of likely N-dealkylation sites (N-methyl/N-ethyl adjacent to an activating group) is 1. The molecule has 0 aromatic rings. The average Bonchev–Trinajstić information content (AvgIpc) is 3.71. The largest absolute Gasteiger partial charge is 0.477 e. The number of allylic oxidation sites excluding steroid dienone is 8. The van der Waals surface area contributed by atoms with E-state index < -0.39 is 18.4 Å². The first-order valence-electron chi connectivity index (χ1n) is 38.8. The molecule has 9 heteroatoms. The Balaban J connectivity index is 4.00. The van der Waals surface area contributed by atoms with Crippen LogP contribution in [0.3, 0.4) is 0 Å². The summed E-state index contributed by atoms with van der Waals surface area (Å²) in [4.78, 5) is 37.7. The Morgan fingerprint density at radius 1 is 0.337 bits per heavy atom. The molecule has 0 aromatic heterocycles. The number of carbonyl (C=O) groups is 3. The maximum Gasteiger partial charge on any atom is 0.361 e. The topological polar surface area (TPSA) is 108 Å². The van der Waals surface area contributed by atoms with E-state index in [4.69, 9.17) is 18.9 Å². The van der Waals surface area contributed by atoms with Gasteiger partial charge in [-0.25, -0.2) is 4.79 Å². The highest BCUT2D eigenvalue weighted by Crippen LogP contribution is 2.19. The molecule has 0 amide bonds. The Morgan fingerprint density at radius 2 is 0.607 bits per heavy atom. The second-order valence-electron chi connectivity index (χ2n) is 27.7. The number of carboxylic acids is 1. The van der Waals surface area contributed by atoms with E-state index >= 15 is 0 Å². The van der Waals surface area contributed by atoms with Crippen molar-refractivity contribution < 1.29 is 42.9 Å². The number of rotatable bonds is 73. The van der Waals surface area contributed by atoms with Gasteiger partial charge in [-0.15, -0.1) is 0 Å². The van der Waals surface area contributed by atoms with Crippen molar-refractivity contribution in [3.8, 4) is 0 Å². The minimum atomic E-state index is -1.51. The second kappa shape index (κ2) is 71.1. The highest BCUT2D eigenvalue weighted by Gasteiger charge is 2.25. The molecule has 89 heavy (non-hydrogen) atoms. The Morgan fingerprint density at radius 3 is 0.910 bits per heavy atom. The van der Waals surface area contributed by atoms with Crippen LogP contribution in [0.4, 0.5) is 0 Å². The van der Waals surface area contributed by atoms with Gasteiger partial charge in [0.1, 0.15) is 13.2 Å². The van der Waals surface area contributed by atoms with Crippen LogP contribution >= 0.6 is 0 Å². The maximum absolute atomic E-state index is 13.0. The number of quaternary nitrogens is 1. The van der Waals surface area contributed by atoms with Crippen molar-refractivity contribution in [3.05, 3.63) is 48.6 Å². The molecular formula is C80H150NO8+. The minimum absolute atomic E-state index is 0.178. The highest BCUT2D eigenvalue weighted by atomic mass is 16.7. The summed E-state index contributed by atoms with van der Waals surface area (Å²) < 4.78 is 23.0. The summed E-state index contributed by atoms with van der Waals surface area (Å²) >= 11 is 0. The molecule has 2 unspecified atom stereocenters. The second-order valence-corrected chi connectivity index (χ2v) is 27.7. The summed E-state index contributed by atoms with van der Waals surface area (Å²) in [6.07, 6.45) is 89.7. The third kappa shape index (κ3) is 72.5. The fourth-order valence-electron chi connectivity index (χ4n) is 11.6. The van der Waals surface area contributed by atoms with E-state index in [0.717, 1.165) is 51.4 Å². The van der Waals surface area contributed by atoms with Crippen molar-refractivity contribution in [2.24, 2.45) is 0 Å². The fraction of sp³-hybridized carbons (Fsp3) is 0.863. The molecule has 0 bridgehead atoms. The Kier molecular flexibility index (Phi) is 68.9. The Labute approximate surface area is 553 Å². The van der Waals surface area contributed by atoms with E-state index in [0.29, 0.717) is 17.4 Å². The maximum atomic E-state index is 13.0. The molecule has 0 saturated heterocycles. The van der Waals surface area contributed by atoms with Gasteiger partial charge in [-0.1, -0.05) is 345 Å². The fourth-order valence-corrected chi connectivity index (χ4v) is 11.6. The molecule has 9 nitrogen and oxygen atoms in total. The molecule has 0 aliphatic heterocycles. The van der Waals surface area contributed by atoms with Crippen molar-refractivity contribution in [1.82, 2.24) is 0 Å². The molecule has 0 aromatic carbocycles. The average molecular weight is 1250 g/mol. The molecule has 0 fully saturated rings. The molecular weight excluding hydrogens is 1100 g/mol. The van der Waals surface area contributed by atoms with Gasteiger partial charge in [0.2, 0.25) is 0 Å². The number of nitrogens with zero attached hydrogens (tertiary/aromatic N) is 1. The van der Waals surface area contributed by atoms with Crippen LogP contribution in [0.2, 0.25) is 0 Å². The molecule has 522 valence electrons. The van der Waals surface area contributed by atoms with Gasteiger partial charge in [-0.2, -0.15) is 0 Å². The van der Waals surface area contributed by atoms with Gasteiger partial charge < -0.3 is 28.5 Å². The van der Waals surface area contributed by atoms with Crippen molar-refractivity contribution in [1.29, 1.82) is 0 Å². The molecule has 0 saturated carbocycles. The smallest absolute Gasteiger partial charge is 0.361 e. The summed E-state index contributed by atoms with van der Waals surface area (Å²) in [6, 6.07) is 0. The zero-order valence-electron chi connectivity index (χ0n) is 59.9. The van der Waals surface area contributed by atoms with E-state index in [1.807, 2.05) is 21.1 Å². The van der Waals surface area contributed by atoms with Crippen LogP contribution in [0, 0.1) is 0 Å². The first-order valence-corrected chi connectivity index (χ1v) is 38.8. The Bertz CT molecular complexity index is 1600. The molecule has 0 aliphatic carbocycles. The number of ether oxygens (including phenoxy) is 4. The molecule has 1 N–H and O–H groups in total. The van der Waals surface area contributed by atoms with Gasteiger partial charge in [0.05, 0.1) is 34.4 Å². The van der Waals surface area contributed by atoms with Crippen molar-refractivity contribution in [2.75, 3.05) is 47.5 Å². The summed E-state index contributed by atoms with van der Waals surface area (Å²) in [7, 11) is 5.99. The normalized spacial score (nSPS) is 12.9. The third-order valence-electron chi connectivity index (χ3n) is 17.6. The SMILES string of the molecule is CCCCCCC/C=C\C/C=C\C/C=C\CCCCCCCCCCCCCCCCC(=O)OC(COC(=O)CCCCCCCCCCCCCCCCCCCCCCCCC/C=C\CCCCCCCCCC)COC(OCC[N+](C)(C)C)C(=O)O. The van der Waals surface area contributed by atoms with Gasteiger partial charge in [0, 0.05) is 12.8 Å². The van der Waals surface area contributed by atoms with Crippen LogP contribution in [0.15, 0.2) is 48.6 Å². The van der Waals surface area contributed by atoms with E-state index in [9.17, 15) is 19.5 Å². The van der Waals surface area contributed by atoms with E-state index in [2.05, 4.69) is 62.5 Å². The van der Waals surface area contributed by atoms with Crippen LogP contribution in [-0.4, -0.2) is 87.4 Å². The number of esters is 2. The van der Waals surface area contributed by atoms with E-state index in [-0.39, 0.29) is 38.2 Å². The van der Waals surface area contributed by atoms with Gasteiger partial charge in [0.25, 0.3) is 6.29 Å². The van der Waals surface area contributed by atoms with Crippen molar-refractivity contribution in [3.63, 3.8) is 0 Å². The third-order valence-corrected chi connectivity index (χ3v) is 17.6. The predicted octanol–water partition coefficient (Wildman–Crippen LogP) is 24.5. The number of carbonyl (C=O) groups excluding carboxylic acids is 2. The number of aliphatic carboxylic acids is 1. The molecule has 0 aliphatic rings. The number of hydrogen-bond acceptors (Lipinski definition) is 7. The quantitative estimate of drug-likeness (QED) is 0.0211. The zero-order valence-corrected chi connectivity index (χ0v) is 59.9. The number of carboxylic acid groups (broad SMARTS) is 1. The first kappa shape index (κ1) is 86.2. The molecule has 0 spiro atoms. The van der Waals surface area contributed by atoms with Gasteiger partial charge in [0.15, 0.2) is 6.10 Å². The number of hydrogen-bond donors (Lipinski definition) is 1. The summed E-state index contributed by atoms with van der Waals surface area (Å²) in [5.74, 6) is -1.98. The van der Waals surface area contributed by atoms with Gasteiger partial charge in [-0.05, 0) is 77.0 Å². The van der Waals surface area contributed by atoms with Crippen LogP contribution < -0.4 is 0 Å². The molecule has 2 atom stereocenters. The minimum Gasteiger partial charge on any atom is -0.477 e. The van der Waals surface area contributed by atoms with Gasteiger partial charge >= 0.3 is 17.9 Å². The zero-order chi connectivity index (χ0) is 64.7. The van der Waals surface area contributed by atoms with Crippen LogP contribution in [0.1, 0.15) is 386 Å². The van der Waals surface area contributed by atoms with Gasteiger partial charge in [-0.3, -0.25) is 9.59 Å². The first-order chi connectivity index (χ1) is 43.6. The van der Waals surface area contributed by atoms with E-state index in [1.165, 1.54) is 308 Å². The van der Waals surface area contributed by atoms with Crippen LogP contribution in [-0.2, 0) is 33.3 Å². The van der Waals surface area contributed by atoms with Crippen molar-refractivity contribution in [2.45, 2.75) is 399 Å². The highest BCUT2D eigenvalue weighted by molar-refractivity contribution is 5.71. The lowest BCUT2D eigenvalue weighted by Gasteiger charge is -2.25. The Hall–Kier alpha value is -2.75.